The van der Waals surface area contributed by atoms with E-state index in [1.807, 2.05) is 12.1 Å². The van der Waals surface area contributed by atoms with Gasteiger partial charge in [-0.15, -0.1) is 0 Å². The fourth-order valence-corrected chi connectivity index (χ4v) is 3.65. The first-order chi connectivity index (χ1) is 11.8. The first kappa shape index (κ1) is 16.6. The molecule has 24 heavy (non-hydrogen) atoms. The van der Waals surface area contributed by atoms with E-state index in [1.54, 1.807) is 0 Å². The van der Waals surface area contributed by atoms with Gasteiger partial charge in [0, 0.05) is 0 Å². The minimum atomic E-state index is 0.640. The zero-order valence-corrected chi connectivity index (χ0v) is 14.4. The number of hydrogen-bond donors (Lipinski definition) is 0. The topological polar surface area (TPSA) is 33.0 Å². The van der Waals surface area contributed by atoms with Gasteiger partial charge < -0.3 is 4.74 Å². The highest BCUT2D eigenvalue weighted by molar-refractivity contribution is 5.34. The SMILES string of the molecule is CCCOc1ccc([C@H]2CC[C@H](c3ccc(C#N)cc3)CC2)cc1. The summed E-state index contributed by atoms with van der Waals surface area (Å²) in [6.45, 7) is 2.91. The van der Waals surface area contributed by atoms with E-state index >= 15 is 0 Å². The van der Waals surface area contributed by atoms with Gasteiger partial charge in [0.2, 0.25) is 0 Å². The first-order valence-corrected chi connectivity index (χ1v) is 9.03. The highest BCUT2D eigenvalue weighted by Gasteiger charge is 2.23. The molecule has 1 saturated carbocycles. The molecule has 1 fully saturated rings. The van der Waals surface area contributed by atoms with Crippen LogP contribution < -0.4 is 4.74 Å². The van der Waals surface area contributed by atoms with Gasteiger partial charge in [-0.05, 0) is 79.3 Å². The van der Waals surface area contributed by atoms with Crippen molar-refractivity contribution in [3.05, 3.63) is 65.2 Å². The lowest BCUT2D eigenvalue weighted by Crippen LogP contribution is -2.12. The maximum absolute atomic E-state index is 8.91. The molecule has 0 amide bonds. The van der Waals surface area contributed by atoms with Crippen LogP contribution in [0.25, 0.3) is 0 Å². The van der Waals surface area contributed by atoms with Crippen LogP contribution in [0.2, 0.25) is 0 Å². The van der Waals surface area contributed by atoms with Crippen LogP contribution in [-0.4, -0.2) is 6.61 Å². The normalized spacial score (nSPS) is 20.3. The van der Waals surface area contributed by atoms with Crippen LogP contribution in [0.3, 0.4) is 0 Å². The molecule has 0 saturated heterocycles. The number of benzene rings is 2. The Morgan fingerprint density at radius 3 is 1.83 bits per heavy atom. The number of nitrogens with zero attached hydrogens (tertiary/aromatic N) is 1. The minimum absolute atomic E-state index is 0.640. The van der Waals surface area contributed by atoms with E-state index in [9.17, 15) is 0 Å². The van der Waals surface area contributed by atoms with Crippen LogP contribution in [-0.2, 0) is 0 Å². The third-order valence-corrected chi connectivity index (χ3v) is 5.06. The van der Waals surface area contributed by atoms with Crippen LogP contribution in [0.1, 0.15) is 67.6 Å². The lowest BCUT2D eigenvalue weighted by molar-refractivity contribution is 0.317. The average Bonchev–Trinajstić information content (AvgIpc) is 2.67. The summed E-state index contributed by atoms with van der Waals surface area (Å²) in [6, 6.07) is 19.0. The van der Waals surface area contributed by atoms with Crippen molar-refractivity contribution in [3.8, 4) is 11.8 Å². The molecule has 0 unspecified atom stereocenters. The van der Waals surface area contributed by atoms with Crippen molar-refractivity contribution in [2.24, 2.45) is 0 Å². The molecule has 0 N–H and O–H groups in total. The van der Waals surface area contributed by atoms with Gasteiger partial charge in [0.25, 0.3) is 0 Å². The molecule has 1 aliphatic rings. The second kappa shape index (κ2) is 8.02. The molecule has 0 heterocycles. The molecule has 1 aliphatic carbocycles. The Hall–Kier alpha value is -2.27. The van der Waals surface area contributed by atoms with Gasteiger partial charge >= 0.3 is 0 Å². The van der Waals surface area contributed by atoms with E-state index in [4.69, 9.17) is 10.00 Å². The molecule has 2 aromatic rings. The second-order valence-electron chi connectivity index (χ2n) is 6.70. The Morgan fingerprint density at radius 1 is 0.875 bits per heavy atom. The van der Waals surface area contributed by atoms with Crippen LogP contribution in [0.4, 0.5) is 0 Å². The summed E-state index contributed by atoms with van der Waals surface area (Å²) in [5, 5.41) is 8.91. The van der Waals surface area contributed by atoms with E-state index in [-0.39, 0.29) is 0 Å². The van der Waals surface area contributed by atoms with Gasteiger partial charge in [-0.25, -0.2) is 0 Å². The average molecular weight is 319 g/mol. The van der Waals surface area contributed by atoms with E-state index in [1.165, 1.54) is 36.8 Å². The summed E-state index contributed by atoms with van der Waals surface area (Å²) in [5.41, 5.74) is 3.57. The molecule has 0 atom stereocenters. The lowest BCUT2D eigenvalue weighted by Gasteiger charge is -2.29. The number of ether oxygens (including phenoxy) is 1. The quantitative estimate of drug-likeness (QED) is 0.699. The van der Waals surface area contributed by atoms with Crippen molar-refractivity contribution >= 4 is 0 Å². The third kappa shape index (κ3) is 3.97. The van der Waals surface area contributed by atoms with Crippen molar-refractivity contribution in [2.75, 3.05) is 6.61 Å². The maximum Gasteiger partial charge on any atom is 0.119 e. The summed E-state index contributed by atoms with van der Waals surface area (Å²) in [5.74, 6) is 2.29. The van der Waals surface area contributed by atoms with Crippen molar-refractivity contribution in [1.29, 1.82) is 5.26 Å². The second-order valence-corrected chi connectivity index (χ2v) is 6.70. The van der Waals surface area contributed by atoms with E-state index in [0.717, 1.165) is 24.3 Å². The molecule has 2 nitrogen and oxygen atoms in total. The number of rotatable bonds is 5. The van der Waals surface area contributed by atoms with Gasteiger partial charge in [-0.3, -0.25) is 0 Å². The number of nitriles is 1. The Kier molecular flexibility index (Phi) is 5.54. The standard InChI is InChI=1S/C22H25NO/c1-2-15-24-22-13-11-21(12-14-22)20-9-7-19(8-10-20)18-5-3-17(16-23)4-6-18/h3-6,11-14,19-20H,2,7-10,15H2,1H3/t19-,20-. The molecule has 124 valence electrons. The molecule has 0 spiro atoms. The van der Waals surface area contributed by atoms with Crippen molar-refractivity contribution < 1.29 is 4.74 Å². The smallest absolute Gasteiger partial charge is 0.119 e. The molecular formula is C22H25NO. The van der Waals surface area contributed by atoms with Crippen LogP contribution >= 0.6 is 0 Å². The molecule has 0 aliphatic heterocycles. The molecular weight excluding hydrogens is 294 g/mol. The molecule has 2 aromatic carbocycles. The molecule has 2 heteroatoms. The fraction of sp³-hybridized carbons (Fsp3) is 0.409. The fourth-order valence-electron chi connectivity index (χ4n) is 3.65. The Balaban J connectivity index is 1.57. The highest BCUT2D eigenvalue weighted by atomic mass is 16.5. The molecule has 3 rings (SSSR count). The predicted molar refractivity (Wildman–Crippen MR) is 97.3 cm³/mol. The maximum atomic E-state index is 8.91. The zero-order valence-electron chi connectivity index (χ0n) is 14.4. The monoisotopic (exact) mass is 319 g/mol. The summed E-state index contributed by atoms with van der Waals surface area (Å²) in [6.07, 6.45) is 5.97. The van der Waals surface area contributed by atoms with Crippen LogP contribution in [0, 0.1) is 11.3 Å². The van der Waals surface area contributed by atoms with E-state index in [2.05, 4.69) is 49.4 Å². The summed E-state index contributed by atoms with van der Waals surface area (Å²) < 4.78 is 5.67. The van der Waals surface area contributed by atoms with Crippen LogP contribution in [0.15, 0.2) is 48.5 Å². The van der Waals surface area contributed by atoms with Crippen molar-refractivity contribution in [2.45, 2.75) is 50.9 Å². The van der Waals surface area contributed by atoms with Gasteiger partial charge in [-0.1, -0.05) is 31.2 Å². The molecule has 0 bridgehead atoms. The Morgan fingerprint density at radius 2 is 1.38 bits per heavy atom. The zero-order chi connectivity index (χ0) is 16.8. The van der Waals surface area contributed by atoms with Crippen LogP contribution in [0.5, 0.6) is 5.75 Å². The highest BCUT2D eigenvalue weighted by Crippen LogP contribution is 2.40. The molecule has 0 aromatic heterocycles. The third-order valence-electron chi connectivity index (χ3n) is 5.06. The Bertz CT molecular complexity index is 673. The van der Waals surface area contributed by atoms with Crippen molar-refractivity contribution in [3.63, 3.8) is 0 Å². The summed E-state index contributed by atoms with van der Waals surface area (Å²) >= 11 is 0. The summed E-state index contributed by atoms with van der Waals surface area (Å²) in [7, 11) is 0. The van der Waals surface area contributed by atoms with E-state index in [0.29, 0.717) is 11.8 Å². The van der Waals surface area contributed by atoms with Crippen molar-refractivity contribution in [1.82, 2.24) is 0 Å². The van der Waals surface area contributed by atoms with Gasteiger partial charge in [0.15, 0.2) is 0 Å². The first-order valence-electron chi connectivity index (χ1n) is 9.03. The van der Waals surface area contributed by atoms with Gasteiger partial charge in [0.1, 0.15) is 5.75 Å². The molecule has 0 radical (unpaired) electrons. The largest absolute Gasteiger partial charge is 0.494 e. The predicted octanol–water partition coefficient (Wildman–Crippen LogP) is 5.79. The summed E-state index contributed by atoms with van der Waals surface area (Å²) in [4.78, 5) is 0. The van der Waals surface area contributed by atoms with Gasteiger partial charge in [-0.2, -0.15) is 5.26 Å². The lowest BCUT2D eigenvalue weighted by atomic mass is 9.76. The van der Waals surface area contributed by atoms with Gasteiger partial charge in [0.05, 0.1) is 18.2 Å². The minimum Gasteiger partial charge on any atom is -0.494 e. The number of hydrogen-bond acceptors (Lipinski definition) is 2. The van der Waals surface area contributed by atoms with E-state index < -0.39 is 0 Å². The Labute approximate surface area is 145 Å².